The smallest absolute Gasteiger partial charge is 0.305 e. The van der Waals surface area contributed by atoms with E-state index < -0.39 is 0 Å². The fourth-order valence-corrected chi connectivity index (χ4v) is 3.73. The van der Waals surface area contributed by atoms with Crippen molar-refractivity contribution in [3.05, 3.63) is 76.1 Å². The number of esters is 1. The second-order valence-corrected chi connectivity index (χ2v) is 8.10. The third-order valence-electron chi connectivity index (χ3n) is 5.47. The molecular weight excluding hydrogens is 442 g/mol. The average molecular weight is 470 g/mol. The lowest BCUT2D eigenvalue weighted by Crippen LogP contribution is -2.30. The summed E-state index contributed by atoms with van der Waals surface area (Å²) in [5, 5.41) is 5.15. The van der Waals surface area contributed by atoms with Crippen molar-refractivity contribution in [2.45, 2.75) is 26.7 Å². The minimum absolute atomic E-state index is 0.101. The molecule has 0 aliphatic carbocycles. The summed E-state index contributed by atoms with van der Waals surface area (Å²) in [7, 11) is 3.12. The predicted octanol–water partition coefficient (Wildman–Crippen LogP) is 4.40. The third-order valence-corrected chi connectivity index (χ3v) is 5.79. The van der Waals surface area contributed by atoms with Gasteiger partial charge in [0.1, 0.15) is 12.4 Å². The highest BCUT2D eigenvalue weighted by Gasteiger charge is 2.16. The number of hydrogen-bond donors (Lipinski definition) is 0. The van der Waals surface area contributed by atoms with Gasteiger partial charge in [0.2, 0.25) is 0 Å². The molecule has 1 amide bonds. The average Bonchev–Trinajstić information content (AvgIpc) is 3.11. The summed E-state index contributed by atoms with van der Waals surface area (Å²) in [5.41, 5.74) is 4.28. The lowest BCUT2D eigenvalue weighted by Gasteiger charge is -2.18. The number of hydrogen-bond acceptors (Lipinski definition) is 5. The minimum atomic E-state index is -0.245. The van der Waals surface area contributed by atoms with E-state index in [0.717, 1.165) is 22.6 Å². The van der Waals surface area contributed by atoms with Crippen molar-refractivity contribution in [3.63, 3.8) is 0 Å². The van der Waals surface area contributed by atoms with Crippen LogP contribution >= 0.6 is 11.6 Å². The van der Waals surface area contributed by atoms with E-state index in [4.69, 9.17) is 21.1 Å². The minimum Gasteiger partial charge on any atom is -0.490 e. The zero-order chi connectivity index (χ0) is 24.0. The van der Waals surface area contributed by atoms with Crippen LogP contribution in [0.5, 0.6) is 5.75 Å². The fourth-order valence-electron chi connectivity index (χ4n) is 3.54. The zero-order valence-electron chi connectivity index (χ0n) is 19.3. The molecule has 174 valence electrons. The topological polar surface area (TPSA) is 73.7 Å². The number of para-hydroxylation sites is 1. The largest absolute Gasteiger partial charge is 0.490 e. The molecule has 0 radical (unpaired) electrons. The maximum absolute atomic E-state index is 12.8. The van der Waals surface area contributed by atoms with Crippen molar-refractivity contribution < 1.29 is 19.1 Å². The van der Waals surface area contributed by atoms with Gasteiger partial charge in [-0.2, -0.15) is 5.10 Å². The Morgan fingerprint density at radius 2 is 1.79 bits per heavy atom. The Balaban J connectivity index is 1.63. The van der Waals surface area contributed by atoms with Crippen molar-refractivity contribution in [2.24, 2.45) is 0 Å². The normalized spacial score (nSPS) is 10.7. The lowest BCUT2D eigenvalue weighted by molar-refractivity contribution is -0.140. The first-order valence-corrected chi connectivity index (χ1v) is 11.0. The number of amides is 1. The van der Waals surface area contributed by atoms with E-state index in [-0.39, 0.29) is 11.9 Å². The highest BCUT2D eigenvalue weighted by Crippen LogP contribution is 2.23. The molecule has 3 rings (SSSR count). The van der Waals surface area contributed by atoms with Crippen LogP contribution in [0.2, 0.25) is 5.02 Å². The summed E-state index contributed by atoms with van der Waals surface area (Å²) in [5.74, 6) is 0.252. The number of carbonyl (C=O) groups excluding carboxylic acids is 2. The van der Waals surface area contributed by atoms with Crippen LogP contribution in [0.4, 0.5) is 0 Å². The van der Waals surface area contributed by atoms with E-state index in [1.807, 2.05) is 42.8 Å². The van der Waals surface area contributed by atoms with Crippen molar-refractivity contribution in [1.29, 1.82) is 0 Å². The Hall–Kier alpha value is -3.32. The summed E-state index contributed by atoms with van der Waals surface area (Å²) >= 11 is 6.09. The molecule has 1 aromatic heterocycles. The molecule has 0 atom stereocenters. The quantitative estimate of drug-likeness (QED) is 0.434. The molecule has 0 fully saturated rings. The number of likely N-dealkylation sites (N-methyl/N-ethyl adjacent to an activating group) is 1. The van der Waals surface area contributed by atoms with Gasteiger partial charge in [-0.25, -0.2) is 4.68 Å². The molecule has 0 saturated heterocycles. The second kappa shape index (κ2) is 11.0. The highest BCUT2D eigenvalue weighted by atomic mass is 35.5. The van der Waals surface area contributed by atoms with Crippen LogP contribution in [0.15, 0.2) is 48.5 Å². The predicted molar refractivity (Wildman–Crippen MR) is 127 cm³/mol. The van der Waals surface area contributed by atoms with Gasteiger partial charge in [-0.3, -0.25) is 9.59 Å². The molecule has 1 heterocycles. The third kappa shape index (κ3) is 5.93. The molecule has 3 aromatic rings. The number of rotatable bonds is 9. The maximum atomic E-state index is 12.8. The van der Waals surface area contributed by atoms with Crippen LogP contribution in [0.1, 0.15) is 33.7 Å². The standard InChI is InChI=1S/C25H28ClN3O4/c1-17-21(13-14-24(30)32-4)18(2)29(27-17)20-11-9-19(10-12-20)25(31)28(3)15-16-33-23-8-6-5-7-22(23)26/h5-12H,13-16H2,1-4H3. The molecule has 0 aliphatic heterocycles. The van der Waals surface area contributed by atoms with Gasteiger partial charge in [0.15, 0.2) is 0 Å². The molecule has 0 N–H and O–H groups in total. The molecule has 0 bridgehead atoms. The van der Waals surface area contributed by atoms with Crippen molar-refractivity contribution in [3.8, 4) is 11.4 Å². The lowest BCUT2D eigenvalue weighted by atomic mass is 10.1. The van der Waals surface area contributed by atoms with E-state index in [2.05, 4.69) is 5.10 Å². The number of methoxy groups -OCH3 is 1. The summed E-state index contributed by atoms with van der Waals surface area (Å²) < 4.78 is 12.2. The van der Waals surface area contributed by atoms with E-state index in [0.29, 0.717) is 42.3 Å². The number of aromatic nitrogens is 2. The molecule has 0 spiro atoms. The molecule has 33 heavy (non-hydrogen) atoms. The van der Waals surface area contributed by atoms with Crippen molar-refractivity contribution in [1.82, 2.24) is 14.7 Å². The van der Waals surface area contributed by atoms with Crippen LogP contribution in [0, 0.1) is 13.8 Å². The van der Waals surface area contributed by atoms with E-state index in [1.165, 1.54) is 7.11 Å². The number of carbonyl (C=O) groups is 2. The van der Waals surface area contributed by atoms with Gasteiger partial charge in [0.05, 0.1) is 30.1 Å². The molecule has 7 nitrogen and oxygen atoms in total. The number of nitrogens with zero attached hydrogens (tertiary/aromatic N) is 3. The van der Waals surface area contributed by atoms with Crippen LogP contribution in [-0.4, -0.2) is 53.9 Å². The molecule has 2 aromatic carbocycles. The van der Waals surface area contributed by atoms with Gasteiger partial charge < -0.3 is 14.4 Å². The molecule has 0 unspecified atom stereocenters. The Morgan fingerprint density at radius 1 is 1.09 bits per heavy atom. The number of ether oxygens (including phenoxy) is 2. The maximum Gasteiger partial charge on any atom is 0.305 e. The van der Waals surface area contributed by atoms with Crippen molar-refractivity contribution >= 4 is 23.5 Å². The van der Waals surface area contributed by atoms with Crippen LogP contribution in [-0.2, 0) is 16.0 Å². The van der Waals surface area contributed by atoms with E-state index in [9.17, 15) is 9.59 Å². The summed E-state index contributed by atoms with van der Waals surface area (Å²) in [4.78, 5) is 25.9. The van der Waals surface area contributed by atoms with Crippen molar-refractivity contribution in [2.75, 3.05) is 27.3 Å². The summed E-state index contributed by atoms with van der Waals surface area (Å²) in [6.07, 6.45) is 0.881. The number of aryl methyl sites for hydroxylation is 1. The summed E-state index contributed by atoms with van der Waals surface area (Å²) in [6.45, 7) is 4.66. The SMILES string of the molecule is COC(=O)CCc1c(C)nn(-c2ccc(C(=O)N(C)CCOc3ccccc3Cl)cc2)c1C. The first-order valence-electron chi connectivity index (χ1n) is 10.7. The molecule has 8 heteroatoms. The first kappa shape index (κ1) is 24.3. The Kier molecular flexibility index (Phi) is 8.11. The van der Waals surface area contributed by atoms with Gasteiger partial charge in [0.25, 0.3) is 5.91 Å². The molecule has 0 saturated carbocycles. The van der Waals surface area contributed by atoms with Gasteiger partial charge in [-0.05, 0) is 62.2 Å². The molecular formula is C25H28ClN3O4. The monoisotopic (exact) mass is 469 g/mol. The Labute approximate surface area is 198 Å². The van der Waals surface area contributed by atoms with Crippen LogP contribution in [0.25, 0.3) is 5.69 Å². The van der Waals surface area contributed by atoms with Gasteiger partial charge in [-0.15, -0.1) is 0 Å². The Morgan fingerprint density at radius 3 is 2.45 bits per heavy atom. The van der Waals surface area contributed by atoms with Gasteiger partial charge in [0, 0.05) is 24.7 Å². The molecule has 0 aliphatic rings. The second-order valence-electron chi connectivity index (χ2n) is 7.69. The zero-order valence-corrected chi connectivity index (χ0v) is 20.1. The number of benzene rings is 2. The van der Waals surface area contributed by atoms with E-state index in [1.54, 1.807) is 36.2 Å². The number of halogens is 1. The van der Waals surface area contributed by atoms with Gasteiger partial charge >= 0.3 is 5.97 Å². The van der Waals surface area contributed by atoms with E-state index >= 15 is 0 Å². The highest BCUT2D eigenvalue weighted by molar-refractivity contribution is 6.32. The van der Waals surface area contributed by atoms with Gasteiger partial charge in [-0.1, -0.05) is 23.7 Å². The van der Waals surface area contributed by atoms with Crippen LogP contribution < -0.4 is 4.74 Å². The van der Waals surface area contributed by atoms with Crippen LogP contribution in [0.3, 0.4) is 0 Å². The fraction of sp³-hybridized carbons (Fsp3) is 0.320. The Bertz CT molecular complexity index is 1130. The summed E-state index contributed by atoms with van der Waals surface area (Å²) in [6, 6.07) is 14.5. The first-order chi connectivity index (χ1) is 15.8.